The van der Waals surface area contributed by atoms with Crippen LogP contribution in [0.15, 0.2) is 36.4 Å². The Morgan fingerprint density at radius 2 is 1.73 bits per heavy atom. The maximum atomic E-state index is 14.6. The molecule has 1 aliphatic carbocycles. The topological polar surface area (TPSA) is 65.9 Å². The molecule has 6 nitrogen and oxygen atoms in total. The van der Waals surface area contributed by atoms with Crippen LogP contribution in [0.2, 0.25) is 0 Å². The number of benzene rings is 2. The SMILES string of the molecule is Cc1ccc(CN2CCc3cc(-c4c(C)nc(C)c([C@H](OC(C)(C)C)C(=O)O)c4N4CCC5(CCC5)CC4)ccc3C2)c(F)c1. The maximum Gasteiger partial charge on any atom is 0.337 e. The second-order valence-corrected chi connectivity index (χ2v) is 14.7. The van der Waals surface area contributed by atoms with Crippen LogP contribution in [0.4, 0.5) is 10.1 Å². The maximum absolute atomic E-state index is 14.6. The van der Waals surface area contributed by atoms with Crippen LogP contribution in [0.3, 0.4) is 0 Å². The molecule has 45 heavy (non-hydrogen) atoms. The van der Waals surface area contributed by atoms with Gasteiger partial charge in [0.15, 0.2) is 6.10 Å². The van der Waals surface area contributed by atoms with E-state index in [0.717, 1.165) is 79.1 Å². The van der Waals surface area contributed by atoms with Crippen LogP contribution < -0.4 is 4.90 Å². The number of aromatic nitrogens is 1. The van der Waals surface area contributed by atoms with Crippen LogP contribution in [0, 0.1) is 32.0 Å². The quantitative estimate of drug-likeness (QED) is 0.291. The number of pyridine rings is 1. The molecular formula is C38H48FN3O3. The fourth-order valence-electron chi connectivity index (χ4n) is 7.72. The largest absolute Gasteiger partial charge is 0.479 e. The molecule has 2 aromatic carbocycles. The highest BCUT2D eigenvalue weighted by Gasteiger charge is 2.42. The molecule has 0 bridgehead atoms. The molecule has 1 atom stereocenters. The lowest BCUT2D eigenvalue weighted by molar-refractivity contribution is -0.160. The Labute approximate surface area is 267 Å². The smallest absolute Gasteiger partial charge is 0.337 e. The third-order valence-corrected chi connectivity index (χ3v) is 10.3. The molecule has 1 aromatic heterocycles. The van der Waals surface area contributed by atoms with Crippen molar-refractivity contribution in [2.75, 3.05) is 24.5 Å². The Balaban J connectivity index is 1.39. The summed E-state index contributed by atoms with van der Waals surface area (Å²) in [4.78, 5) is 22.5. The highest BCUT2D eigenvalue weighted by Crippen LogP contribution is 2.51. The third-order valence-electron chi connectivity index (χ3n) is 10.3. The molecule has 1 saturated carbocycles. The first-order chi connectivity index (χ1) is 21.3. The number of carboxylic acids is 1. The van der Waals surface area contributed by atoms with Crippen LogP contribution >= 0.6 is 0 Å². The lowest BCUT2D eigenvalue weighted by Crippen LogP contribution is -2.44. The molecule has 1 N–H and O–H groups in total. The zero-order valence-corrected chi connectivity index (χ0v) is 27.8. The van der Waals surface area contributed by atoms with Gasteiger partial charge in [-0.05, 0) is 107 Å². The Kier molecular flexibility index (Phi) is 8.55. The first-order valence-corrected chi connectivity index (χ1v) is 16.6. The van der Waals surface area contributed by atoms with Crippen molar-refractivity contribution in [1.82, 2.24) is 9.88 Å². The van der Waals surface area contributed by atoms with E-state index >= 15 is 0 Å². The minimum absolute atomic E-state index is 0.141. The number of piperidine rings is 1. The van der Waals surface area contributed by atoms with Gasteiger partial charge >= 0.3 is 5.97 Å². The van der Waals surface area contributed by atoms with Gasteiger partial charge in [-0.1, -0.05) is 36.8 Å². The lowest BCUT2D eigenvalue weighted by Gasteiger charge is -2.49. The fraction of sp³-hybridized carbons (Fsp3) is 0.526. The zero-order valence-electron chi connectivity index (χ0n) is 27.8. The molecule has 3 aromatic rings. The summed E-state index contributed by atoms with van der Waals surface area (Å²) in [5, 5.41) is 10.5. The minimum atomic E-state index is -1.13. The van der Waals surface area contributed by atoms with Gasteiger partial charge < -0.3 is 14.7 Å². The average molecular weight is 614 g/mol. The van der Waals surface area contributed by atoms with Crippen LogP contribution in [0.5, 0.6) is 0 Å². The predicted molar refractivity (Wildman–Crippen MR) is 177 cm³/mol. The standard InChI is InChI=1S/C38H48FN3O3/c1-24-8-9-30(31(39)20-24)23-41-17-12-27-21-28(10-11-29(27)22-41)32-25(2)40-26(3)33(35(36(43)44)45-37(4,5)6)34(32)42-18-15-38(16-19-42)13-7-14-38/h8-11,20-21,35H,7,12-19,22-23H2,1-6H3,(H,43,44)/t35-/m0/s1. The van der Waals surface area contributed by atoms with E-state index in [1.165, 1.54) is 30.4 Å². The summed E-state index contributed by atoms with van der Waals surface area (Å²) in [6, 6.07) is 12.1. The molecule has 3 aliphatic rings. The van der Waals surface area contributed by atoms with Crippen molar-refractivity contribution >= 4 is 11.7 Å². The Morgan fingerprint density at radius 3 is 2.36 bits per heavy atom. The summed E-state index contributed by atoms with van der Waals surface area (Å²) in [7, 11) is 0. The molecule has 3 heterocycles. The number of aryl methyl sites for hydroxylation is 3. The molecular weight excluding hydrogens is 565 g/mol. The second-order valence-electron chi connectivity index (χ2n) is 14.7. The molecule has 2 fully saturated rings. The lowest BCUT2D eigenvalue weighted by atomic mass is 9.63. The Bertz CT molecular complexity index is 1600. The van der Waals surface area contributed by atoms with E-state index in [4.69, 9.17) is 9.72 Å². The molecule has 2 aliphatic heterocycles. The number of ether oxygens (including phenoxy) is 1. The number of hydrogen-bond acceptors (Lipinski definition) is 5. The Morgan fingerprint density at radius 1 is 1.00 bits per heavy atom. The molecule has 1 spiro atoms. The number of anilines is 1. The van der Waals surface area contributed by atoms with Crippen molar-refractivity contribution in [2.45, 2.75) is 105 Å². The Hall–Kier alpha value is -3.29. The van der Waals surface area contributed by atoms with Crippen molar-refractivity contribution in [1.29, 1.82) is 0 Å². The number of hydrogen-bond donors (Lipinski definition) is 1. The van der Waals surface area contributed by atoms with E-state index in [-0.39, 0.29) is 5.82 Å². The number of carboxylic acid groups (broad SMARTS) is 1. The first kappa shape index (κ1) is 31.7. The molecule has 0 unspecified atom stereocenters. The highest BCUT2D eigenvalue weighted by molar-refractivity contribution is 5.88. The summed E-state index contributed by atoms with van der Waals surface area (Å²) in [5.41, 5.74) is 9.35. The van der Waals surface area contributed by atoms with E-state index in [1.54, 1.807) is 6.07 Å². The molecule has 0 amide bonds. The second kappa shape index (κ2) is 12.1. The summed E-state index contributed by atoms with van der Waals surface area (Å²) >= 11 is 0. The van der Waals surface area contributed by atoms with Gasteiger partial charge in [0.25, 0.3) is 0 Å². The van der Waals surface area contributed by atoms with Crippen molar-refractivity contribution < 1.29 is 19.0 Å². The number of nitrogens with zero attached hydrogens (tertiary/aromatic N) is 3. The molecule has 7 heteroatoms. The van der Waals surface area contributed by atoms with Crippen molar-refractivity contribution in [2.24, 2.45) is 5.41 Å². The van der Waals surface area contributed by atoms with E-state index < -0.39 is 17.7 Å². The number of aliphatic carboxylic acids is 1. The summed E-state index contributed by atoms with van der Waals surface area (Å²) in [6.45, 7) is 15.6. The van der Waals surface area contributed by atoms with Gasteiger partial charge in [0.05, 0.1) is 11.3 Å². The molecule has 240 valence electrons. The van der Waals surface area contributed by atoms with Gasteiger partial charge in [-0.2, -0.15) is 0 Å². The third kappa shape index (κ3) is 6.52. The number of carbonyl (C=O) groups is 1. The zero-order chi connectivity index (χ0) is 32.1. The van der Waals surface area contributed by atoms with Crippen molar-refractivity contribution in [3.05, 3.63) is 81.4 Å². The van der Waals surface area contributed by atoms with Gasteiger partial charge in [0, 0.05) is 60.8 Å². The van der Waals surface area contributed by atoms with Gasteiger partial charge in [-0.15, -0.1) is 0 Å². The number of fused-ring (bicyclic) bond motifs is 1. The normalized spacial score (nSPS) is 18.9. The molecule has 1 saturated heterocycles. The summed E-state index contributed by atoms with van der Waals surface area (Å²) in [6.07, 6.45) is 5.93. The van der Waals surface area contributed by atoms with E-state index in [9.17, 15) is 14.3 Å². The molecule has 6 rings (SSSR count). The highest BCUT2D eigenvalue weighted by atomic mass is 19.1. The van der Waals surface area contributed by atoms with Crippen molar-refractivity contribution in [3.8, 4) is 11.1 Å². The van der Waals surface area contributed by atoms with Crippen molar-refractivity contribution in [3.63, 3.8) is 0 Å². The van der Waals surface area contributed by atoms with Crippen LogP contribution in [0.1, 0.15) is 98.2 Å². The van der Waals surface area contributed by atoms with E-state index in [2.05, 4.69) is 28.0 Å². The number of rotatable bonds is 7. The average Bonchev–Trinajstić information content (AvgIpc) is 2.96. The summed E-state index contributed by atoms with van der Waals surface area (Å²) in [5.74, 6) is -1.13. The first-order valence-electron chi connectivity index (χ1n) is 16.6. The minimum Gasteiger partial charge on any atom is -0.479 e. The van der Waals surface area contributed by atoms with E-state index in [0.29, 0.717) is 23.2 Å². The van der Waals surface area contributed by atoms with E-state index in [1.807, 2.05) is 53.7 Å². The van der Waals surface area contributed by atoms with Crippen LogP contribution in [-0.2, 0) is 29.0 Å². The van der Waals surface area contributed by atoms with Gasteiger partial charge in [-0.3, -0.25) is 9.88 Å². The predicted octanol–water partition coefficient (Wildman–Crippen LogP) is 8.08. The monoisotopic (exact) mass is 613 g/mol. The molecule has 0 radical (unpaired) electrons. The summed E-state index contributed by atoms with van der Waals surface area (Å²) < 4.78 is 20.9. The van der Waals surface area contributed by atoms with Crippen LogP contribution in [0.25, 0.3) is 11.1 Å². The van der Waals surface area contributed by atoms with Gasteiger partial charge in [0.1, 0.15) is 5.82 Å². The van der Waals surface area contributed by atoms with Gasteiger partial charge in [0.2, 0.25) is 0 Å². The fourth-order valence-corrected chi connectivity index (χ4v) is 7.72. The van der Waals surface area contributed by atoms with Gasteiger partial charge in [-0.25, -0.2) is 9.18 Å². The number of halogens is 1. The van der Waals surface area contributed by atoms with Crippen LogP contribution in [-0.4, -0.2) is 46.2 Å².